The molecular weight excluding hydrogens is 420 g/mol. The fourth-order valence-electron chi connectivity index (χ4n) is 3.39. The van der Waals surface area contributed by atoms with E-state index in [0.29, 0.717) is 49.9 Å². The van der Waals surface area contributed by atoms with E-state index in [4.69, 9.17) is 4.74 Å². The summed E-state index contributed by atoms with van der Waals surface area (Å²) in [5.41, 5.74) is 8.98. The van der Waals surface area contributed by atoms with Gasteiger partial charge in [0.25, 0.3) is 11.8 Å². The molecule has 3 N–H and O–H groups in total. The highest BCUT2D eigenvalue weighted by Gasteiger charge is 2.18. The van der Waals surface area contributed by atoms with Crippen molar-refractivity contribution in [3.63, 3.8) is 0 Å². The van der Waals surface area contributed by atoms with Crippen molar-refractivity contribution in [2.24, 2.45) is 0 Å². The lowest BCUT2D eigenvalue weighted by molar-refractivity contribution is 0.0303. The van der Waals surface area contributed by atoms with Crippen LogP contribution in [0.5, 0.6) is 0 Å². The standard InChI is InChI=1S/C24H26N6O3/c1-2-26-29-22(31)18-5-3-17(4-6-18)21-11-12-25-24(28-21)27-20-9-7-19(8-10-20)23(32)30-13-15-33-16-14-30/h3-12,26H,2,13-16H2,1H3,(H,29,31)(H,25,27,28). The van der Waals surface area contributed by atoms with Gasteiger partial charge in [-0.15, -0.1) is 0 Å². The molecule has 0 atom stereocenters. The number of hydrogen-bond acceptors (Lipinski definition) is 7. The molecule has 1 aliphatic rings. The smallest absolute Gasteiger partial charge is 0.265 e. The molecule has 2 aromatic carbocycles. The third kappa shape index (κ3) is 5.71. The van der Waals surface area contributed by atoms with Crippen molar-refractivity contribution >= 4 is 23.5 Å². The Kier molecular flexibility index (Phi) is 7.23. The van der Waals surface area contributed by atoms with E-state index in [-0.39, 0.29) is 11.8 Å². The van der Waals surface area contributed by atoms with E-state index in [1.807, 2.05) is 37.3 Å². The maximum atomic E-state index is 12.6. The zero-order valence-electron chi connectivity index (χ0n) is 18.4. The van der Waals surface area contributed by atoms with Crippen LogP contribution in [0.4, 0.5) is 11.6 Å². The van der Waals surface area contributed by atoms with Crippen molar-refractivity contribution in [3.05, 3.63) is 71.9 Å². The van der Waals surface area contributed by atoms with Gasteiger partial charge in [-0.2, -0.15) is 0 Å². The van der Waals surface area contributed by atoms with E-state index < -0.39 is 0 Å². The number of amides is 2. The number of hydrogen-bond donors (Lipinski definition) is 3. The van der Waals surface area contributed by atoms with Crippen molar-refractivity contribution in [2.75, 3.05) is 38.2 Å². The molecule has 0 unspecified atom stereocenters. The summed E-state index contributed by atoms with van der Waals surface area (Å²) in [4.78, 5) is 35.3. The molecule has 2 amide bonds. The van der Waals surface area contributed by atoms with Crippen molar-refractivity contribution in [1.82, 2.24) is 25.7 Å². The van der Waals surface area contributed by atoms with Crippen LogP contribution < -0.4 is 16.2 Å². The van der Waals surface area contributed by atoms with Crippen molar-refractivity contribution in [1.29, 1.82) is 0 Å². The summed E-state index contributed by atoms with van der Waals surface area (Å²) in [5.74, 6) is 0.253. The first-order chi connectivity index (χ1) is 16.1. The minimum absolute atomic E-state index is 0.00528. The van der Waals surface area contributed by atoms with E-state index >= 15 is 0 Å². The largest absolute Gasteiger partial charge is 0.378 e. The summed E-state index contributed by atoms with van der Waals surface area (Å²) >= 11 is 0. The van der Waals surface area contributed by atoms with Gasteiger partial charge in [-0.25, -0.2) is 15.4 Å². The second kappa shape index (κ2) is 10.7. The minimum Gasteiger partial charge on any atom is -0.378 e. The summed E-state index contributed by atoms with van der Waals surface area (Å²) in [6.45, 7) is 4.93. The highest BCUT2D eigenvalue weighted by atomic mass is 16.5. The van der Waals surface area contributed by atoms with E-state index in [2.05, 4.69) is 26.1 Å². The van der Waals surface area contributed by atoms with Crippen LogP contribution >= 0.6 is 0 Å². The Morgan fingerprint density at radius 2 is 1.67 bits per heavy atom. The van der Waals surface area contributed by atoms with Crippen LogP contribution in [-0.2, 0) is 4.74 Å². The predicted octanol–water partition coefficient (Wildman–Crippen LogP) is 2.61. The van der Waals surface area contributed by atoms with Gasteiger partial charge in [0.05, 0.1) is 18.9 Å². The number of rotatable bonds is 7. The van der Waals surface area contributed by atoms with Gasteiger partial charge >= 0.3 is 0 Å². The normalized spacial score (nSPS) is 13.4. The molecule has 1 fully saturated rings. The molecule has 4 rings (SSSR count). The molecule has 2 heterocycles. The first-order valence-corrected chi connectivity index (χ1v) is 10.8. The Labute approximate surface area is 192 Å². The van der Waals surface area contributed by atoms with Crippen LogP contribution in [0.2, 0.25) is 0 Å². The Hall–Kier alpha value is -3.82. The number of morpholine rings is 1. The molecule has 1 saturated heterocycles. The second-order valence-electron chi connectivity index (χ2n) is 7.43. The average molecular weight is 447 g/mol. The molecule has 170 valence electrons. The lowest BCUT2D eigenvalue weighted by atomic mass is 10.1. The SMILES string of the molecule is CCNNC(=O)c1ccc(-c2ccnc(Nc3ccc(C(=O)N4CCOCC4)cc3)n2)cc1. The lowest BCUT2D eigenvalue weighted by Crippen LogP contribution is -2.40. The first kappa shape index (κ1) is 22.4. The zero-order chi connectivity index (χ0) is 23.0. The number of nitrogens with zero attached hydrogens (tertiary/aromatic N) is 3. The van der Waals surface area contributed by atoms with Gasteiger partial charge in [0.1, 0.15) is 0 Å². The topological polar surface area (TPSA) is 108 Å². The van der Waals surface area contributed by atoms with Gasteiger partial charge in [-0.3, -0.25) is 15.0 Å². The number of carbonyl (C=O) groups excluding carboxylic acids is 2. The molecule has 0 spiro atoms. The maximum Gasteiger partial charge on any atom is 0.265 e. The summed E-state index contributed by atoms with van der Waals surface area (Å²) in [6.07, 6.45) is 1.67. The van der Waals surface area contributed by atoms with Gasteiger partial charge in [0, 0.05) is 48.2 Å². The summed E-state index contributed by atoms with van der Waals surface area (Å²) in [5, 5.41) is 3.17. The number of ether oxygens (including phenoxy) is 1. The maximum absolute atomic E-state index is 12.6. The average Bonchev–Trinajstić information content (AvgIpc) is 2.88. The van der Waals surface area contributed by atoms with Crippen LogP contribution in [0.15, 0.2) is 60.8 Å². The van der Waals surface area contributed by atoms with Gasteiger partial charge in [-0.1, -0.05) is 19.1 Å². The molecule has 1 aliphatic heterocycles. The van der Waals surface area contributed by atoms with Gasteiger partial charge in [0.2, 0.25) is 5.95 Å². The minimum atomic E-state index is -0.191. The molecular formula is C24H26N6O3. The zero-order valence-corrected chi connectivity index (χ0v) is 18.4. The van der Waals surface area contributed by atoms with Crippen LogP contribution in [0, 0.1) is 0 Å². The number of anilines is 2. The molecule has 9 nitrogen and oxygen atoms in total. The Morgan fingerprint density at radius 1 is 0.970 bits per heavy atom. The molecule has 0 saturated carbocycles. The number of hydrazine groups is 1. The quantitative estimate of drug-likeness (QED) is 0.479. The summed E-state index contributed by atoms with van der Waals surface area (Å²) in [7, 11) is 0. The Bertz CT molecular complexity index is 1100. The number of aromatic nitrogens is 2. The van der Waals surface area contributed by atoms with Gasteiger partial charge < -0.3 is 15.0 Å². The van der Waals surface area contributed by atoms with E-state index in [1.165, 1.54) is 0 Å². The van der Waals surface area contributed by atoms with Gasteiger partial charge in [0.15, 0.2) is 0 Å². The van der Waals surface area contributed by atoms with Crippen molar-refractivity contribution in [3.8, 4) is 11.3 Å². The fraction of sp³-hybridized carbons (Fsp3) is 0.250. The Balaban J connectivity index is 1.42. The molecule has 0 bridgehead atoms. The van der Waals surface area contributed by atoms with Crippen LogP contribution in [-0.4, -0.2) is 59.5 Å². The highest BCUT2D eigenvalue weighted by molar-refractivity contribution is 5.95. The van der Waals surface area contributed by atoms with Crippen molar-refractivity contribution in [2.45, 2.75) is 6.92 Å². The molecule has 0 radical (unpaired) electrons. The first-order valence-electron chi connectivity index (χ1n) is 10.8. The summed E-state index contributed by atoms with van der Waals surface area (Å²) < 4.78 is 5.31. The highest BCUT2D eigenvalue weighted by Crippen LogP contribution is 2.21. The van der Waals surface area contributed by atoms with Gasteiger partial charge in [-0.05, 0) is 42.5 Å². The molecule has 9 heteroatoms. The van der Waals surface area contributed by atoms with Crippen LogP contribution in [0.3, 0.4) is 0 Å². The van der Waals surface area contributed by atoms with E-state index in [9.17, 15) is 9.59 Å². The van der Waals surface area contributed by atoms with Crippen LogP contribution in [0.1, 0.15) is 27.6 Å². The lowest BCUT2D eigenvalue weighted by Gasteiger charge is -2.26. The molecule has 33 heavy (non-hydrogen) atoms. The predicted molar refractivity (Wildman–Crippen MR) is 125 cm³/mol. The number of nitrogens with one attached hydrogen (secondary N) is 3. The molecule has 0 aliphatic carbocycles. The Morgan fingerprint density at radius 3 is 2.36 bits per heavy atom. The van der Waals surface area contributed by atoms with E-state index in [1.54, 1.807) is 35.4 Å². The van der Waals surface area contributed by atoms with E-state index in [0.717, 1.165) is 16.9 Å². The summed E-state index contributed by atoms with van der Waals surface area (Å²) in [6, 6.07) is 16.3. The third-order valence-electron chi connectivity index (χ3n) is 5.16. The number of carbonyl (C=O) groups is 2. The van der Waals surface area contributed by atoms with Crippen molar-refractivity contribution < 1.29 is 14.3 Å². The van der Waals surface area contributed by atoms with Crippen LogP contribution in [0.25, 0.3) is 11.3 Å². The molecule has 1 aromatic heterocycles. The molecule has 3 aromatic rings. The number of benzene rings is 2. The third-order valence-corrected chi connectivity index (χ3v) is 5.16. The second-order valence-corrected chi connectivity index (χ2v) is 7.43. The monoisotopic (exact) mass is 446 g/mol. The fourth-order valence-corrected chi connectivity index (χ4v) is 3.39.